The molecule has 0 saturated heterocycles. The van der Waals surface area contributed by atoms with Gasteiger partial charge in [-0.3, -0.25) is 4.79 Å². The number of halogens is 1. The van der Waals surface area contributed by atoms with Crippen molar-refractivity contribution in [1.82, 2.24) is 5.32 Å². The third-order valence-corrected chi connectivity index (χ3v) is 4.60. The zero-order valence-corrected chi connectivity index (χ0v) is 14.8. The van der Waals surface area contributed by atoms with Gasteiger partial charge >= 0.3 is 0 Å². The molecule has 1 aromatic carbocycles. The summed E-state index contributed by atoms with van der Waals surface area (Å²) in [7, 11) is 4.67. The number of hydrogen-bond acceptors (Lipinski definition) is 5. The molecule has 0 radical (unpaired) electrons. The first-order chi connectivity index (χ1) is 10.6. The van der Waals surface area contributed by atoms with E-state index in [2.05, 4.69) is 21.2 Å². The molecular formula is C15H16BrNO4S. The number of benzene rings is 1. The van der Waals surface area contributed by atoms with Crippen molar-refractivity contribution >= 4 is 33.2 Å². The van der Waals surface area contributed by atoms with E-state index < -0.39 is 0 Å². The van der Waals surface area contributed by atoms with E-state index in [0.29, 0.717) is 28.7 Å². The van der Waals surface area contributed by atoms with E-state index in [4.69, 9.17) is 14.2 Å². The predicted octanol–water partition coefficient (Wildman–Crippen LogP) is 3.47. The largest absolute Gasteiger partial charge is 0.493 e. The summed E-state index contributed by atoms with van der Waals surface area (Å²) in [5, 5.41) is 2.87. The molecule has 1 amide bonds. The first kappa shape index (κ1) is 16.6. The number of ether oxygens (including phenoxy) is 3. The van der Waals surface area contributed by atoms with Crippen molar-refractivity contribution in [3.8, 4) is 17.2 Å². The van der Waals surface area contributed by atoms with Crippen molar-refractivity contribution in [2.24, 2.45) is 0 Å². The molecule has 0 aliphatic carbocycles. The molecule has 118 valence electrons. The number of methoxy groups -OCH3 is 3. The van der Waals surface area contributed by atoms with Crippen LogP contribution in [0, 0.1) is 0 Å². The summed E-state index contributed by atoms with van der Waals surface area (Å²) >= 11 is 4.73. The van der Waals surface area contributed by atoms with Gasteiger partial charge in [-0.05, 0) is 45.8 Å². The van der Waals surface area contributed by atoms with Crippen LogP contribution in [0.25, 0.3) is 0 Å². The van der Waals surface area contributed by atoms with Crippen molar-refractivity contribution in [2.45, 2.75) is 6.54 Å². The third kappa shape index (κ3) is 3.72. The lowest BCUT2D eigenvalue weighted by molar-refractivity contribution is 0.0955. The fourth-order valence-electron chi connectivity index (χ4n) is 1.94. The standard InChI is InChI=1S/C15H16BrNO4S/c1-19-10-6-9(7-11(20-2)14(10)21-3)8-17-15(18)12-4-5-13(16)22-12/h4-7H,8H2,1-3H3,(H,17,18). The van der Waals surface area contributed by atoms with Crippen LogP contribution in [0.15, 0.2) is 28.1 Å². The van der Waals surface area contributed by atoms with Gasteiger partial charge in [-0.15, -0.1) is 11.3 Å². The number of carbonyl (C=O) groups is 1. The Balaban J connectivity index is 2.14. The molecule has 22 heavy (non-hydrogen) atoms. The van der Waals surface area contributed by atoms with Gasteiger partial charge in [0.25, 0.3) is 5.91 Å². The molecule has 2 aromatic rings. The van der Waals surface area contributed by atoms with E-state index >= 15 is 0 Å². The SMILES string of the molecule is COc1cc(CNC(=O)c2ccc(Br)s2)cc(OC)c1OC. The van der Waals surface area contributed by atoms with Crippen molar-refractivity contribution in [3.63, 3.8) is 0 Å². The van der Waals surface area contributed by atoms with Crippen LogP contribution in [-0.2, 0) is 6.54 Å². The molecule has 0 aliphatic heterocycles. The lowest BCUT2D eigenvalue weighted by atomic mass is 10.1. The summed E-state index contributed by atoms with van der Waals surface area (Å²) in [4.78, 5) is 12.7. The van der Waals surface area contributed by atoms with Gasteiger partial charge in [-0.25, -0.2) is 0 Å². The smallest absolute Gasteiger partial charge is 0.261 e. The lowest BCUT2D eigenvalue weighted by Crippen LogP contribution is -2.21. The van der Waals surface area contributed by atoms with Gasteiger partial charge in [-0.1, -0.05) is 0 Å². The summed E-state index contributed by atoms with van der Waals surface area (Å²) in [5.41, 5.74) is 0.860. The minimum Gasteiger partial charge on any atom is -0.493 e. The highest BCUT2D eigenvalue weighted by Crippen LogP contribution is 2.38. The van der Waals surface area contributed by atoms with Crippen LogP contribution in [0.5, 0.6) is 17.2 Å². The van der Waals surface area contributed by atoms with E-state index in [0.717, 1.165) is 9.35 Å². The van der Waals surface area contributed by atoms with Crippen LogP contribution < -0.4 is 19.5 Å². The first-order valence-corrected chi connectivity index (χ1v) is 8.02. The Morgan fingerprint density at radius 3 is 2.23 bits per heavy atom. The van der Waals surface area contributed by atoms with Crippen LogP contribution in [0.2, 0.25) is 0 Å². The van der Waals surface area contributed by atoms with Crippen LogP contribution in [0.4, 0.5) is 0 Å². The fraction of sp³-hybridized carbons (Fsp3) is 0.267. The molecule has 7 heteroatoms. The zero-order chi connectivity index (χ0) is 16.1. The van der Waals surface area contributed by atoms with Crippen LogP contribution in [-0.4, -0.2) is 27.2 Å². The molecule has 5 nitrogen and oxygen atoms in total. The topological polar surface area (TPSA) is 56.8 Å². The summed E-state index contributed by atoms with van der Waals surface area (Å²) in [6.07, 6.45) is 0. The lowest BCUT2D eigenvalue weighted by Gasteiger charge is -2.14. The zero-order valence-electron chi connectivity index (χ0n) is 12.4. The normalized spacial score (nSPS) is 10.2. The van der Waals surface area contributed by atoms with Gasteiger partial charge in [0.15, 0.2) is 11.5 Å². The number of amides is 1. The molecule has 0 unspecified atom stereocenters. The molecule has 0 saturated carbocycles. The van der Waals surface area contributed by atoms with E-state index in [9.17, 15) is 4.79 Å². The summed E-state index contributed by atoms with van der Waals surface area (Å²) in [6.45, 7) is 0.366. The van der Waals surface area contributed by atoms with Crippen molar-refractivity contribution in [2.75, 3.05) is 21.3 Å². The van der Waals surface area contributed by atoms with E-state index in [1.165, 1.54) is 11.3 Å². The van der Waals surface area contributed by atoms with E-state index in [1.54, 1.807) is 27.4 Å². The Hall–Kier alpha value is -1.73. The molecule has 0 aliphatic rings. The highest BCUT2D eigenvalue weighted by atomic mass is 79.9. The number of carbonyl (C=O) groups excluding carboxylic acids is 1. The van der Waals surface area contributed by atoms with Gasteiger partial charge < -0.3 is 19.5 Å². The number of hydrogen-bond donors (Lipinski definition) is 1. The van der Waals surface area contributed by atoms with Gasteiger partial charge in [0.05, 0.1) is 30.0 Å². The monoisotopic (exact) mass is 385 g/mol. The number of rotatable bonds is 6. The quantitative estimate of drug-likeness (QED) is 0.826. The van der Waals surface area contributed by atoms with Crippen LogP contribution >= 0.6 is 27.3 Å². The van der Waals surface area contributed by atoms with Gasteiger partial charge in [0.2, 0.25) is 5.75 Å². The Morgan fingerprint density at radius 1 is 1.14 bits per heavy atom. The number of thiophene rings is 1. The Morgan fingerprint density at radius 2 is 1.77 bits per heavy atom. The molecular weight excluding hydrogens is 370 g/mol. The molecule has 0 fully saturated rings. The maximum atomic E-state index is 12.1. The average Bonchev–Trinajstić information content (AvgIpc) is 2.97. The Kier molecular flexibility index (Phi) is 5.68. The summed E-state index contributed by atoms with van der Waals surface area (Å²) in [6, 6.07) is 7.25. The Labute approximate surface area is 141 Å². The molecule has 2 rings (SSSR count). The second-order valence-electron chi connectivity index (χ2n) is 4.32. The summed E-state index contributed by atoms with van der Waals surface area (Å²) in [5.74, 6) is 1.53. The van der Waals surface area contributed by atoms with E-state index in [-0.39, 0.29) is 5.91 Å². The molecule has 0 spiro atoms. The second-order valence-corrected chi connectivity index (χ2v) is 6.78. The first-order valence-electron chi connectivity index (χ1n) is 6.41. The van der Waals surface area contributed by atoms with Crippen molar-refractivity contribution in [3.05, 3.63) is 38.5 Å². The third-order valence-electron chi connectivity index (χ3n) is 2.97. The Bertz CT molecular complexity index is 646. The summed E-state index contributed by atoms with van der Waals surface area (Å²) < 4.78 is 16.8. The van der Waals surface area contributed by atoms with Crippen LogP contribution in [0.1, 0.15) is 15.2 Å². The molecule has 1 heterocycles. The second kappa shape index (κ2) is 7.51. The molecule has 0 atom stereocenters. The van der Waals surface area contributed by atoms with E-state index in [1.807, 2.05) is 18.2 Å². The average molecular weight is 386 g/mol. The predicted molar refractivity (Wildman–Crippen MR) is 89.3 cm³/mol. The van der Waals surface area contributed by atoms with Crippen LogP contribution in [0.3, 0.4) is 0 Å². The maximum absolute atomic E-state index is 12.1. The van der Waals surface area contributed by atoms with Gasteiger partial charge in [0, 0.05) is 6.54 Å². The molecule has 1 N–H and O–H groups in total. The minimum absolute atomic E-state index is 0.121. The maximum Gasteiger partial charge on any atom is 0.261 e. The van der Waals surface area contributed by atoms with Crippen molar-refractivity contribution in [1.29, 1.82) is 0 Å². The van der Waals surface area contributed by atoms with Gasteiger partial charge in [0.1, 0.15) is 0 Å². The van der Waals surface area contributed by atoms with Crippen molar-refractivity contribution < 1.29 is 19.0 Å². The molecule has 0 bridgehead atoms. The highest BCUT2D eigenvalue weighted by molar-refractivity contribution is 9.11. The minimum atomic E-state index is -0.121. The molecule has 1 aromatic heterocycles. The fourth-order valence-corrected chi connectivity index (χ4v) is 3.25. The van der Waals surface area contributed by atoms with Gasteiger partial charge in [-0.2, -0.15) is 0 Å². The number of nitrogens with one attached hydrogen (secondary N) is 1. The highest BCUT2D eigenvalue weighted by Gasteiger charge is 2.14.